The molecule has 5 unspecified atom stereocenters. The summed E-state index contributed by atoms with van der Waals surface area (Å²) in [6, 6.07) is 0. The third kappa shape index (κ3) is 12.8. The van der Waals surface area contributed by atoms with Crippen molar-refractivity contribution >= 4 is 0 Å². The Balaban J connectivity index is 0.00000900. The Hall–Kier alpha value is -0.640. The highest BCUT2D eigenvalue weighted by molar-refractivity contribution is 5.30. The Bertz CT molecular complexity index is 544. The van der Waals surface area contributed by atoms with Crippen molar-refractivity contribution in [3.63, 3.8) is 0 Å². The minimum Gasteiger partial charge on any atom is -0.390 e. The quantitative estimate of drug-likeness (QED) is 0.234. The first-order valence-corrected chi connectivity index (χ1v) is 12.5. The summed E-state index contributed by atoms with van der Waals surface area (Å²) in [6.45, 7) is 12.6. The van der Waals surface area contributed by atoms with Gasteiger partial charge in [0.1, 0.15) is 0 Å². The monoisotopic (exact) mass is 438 g/mol. The highest BCUT2D eigenvalue weighted by Crippen LogP contribution is 2.29. The molecule has 3 heteroatoms. The maximum Gasteiger partial charge on any atom is 0.0789 e. The van der Waals surface area contributed by atoms with Gasteiger partial charge in [0.25, 0.3) is 0 Å². The highest BCUT2D eigenvalue weighted by Gasteiger charge is 2.24. The largest absolute Gasteiger partial charge is 0.390 e. The van der Waals surface area contributed by atoms with Gasteiger partial charge in [0, 0.05) is 5.92 Å². The fraction of sp³-hybridized carbons (Fsp3) is 0.857. The van der Waals surface area contributed by atoms with E-state index in [4.69, 9.17) is 0 Å². The average molecular weight is 439 g/mol. The van der Waals surface area contributed by atoms with E-state index in [2.05, 4.69) is 33.8 Å². The lowest BCUT2D eigenvalue weighted by molar-refractivity contribution is 0.0107. The molecule has 3 N–H and O–H groups in total. The van der Waals surface area contributed by atoms with Crippen molar-refractivity contribution in [3.05, 3.63) is 23.3 Å². The van der Waals surface area contributed by atoms with E-state index < -0.39 is 11.2 Å². The molecular formula is C28H54O3. The van der Waals surface area contributed by atoms with Crippen LogP contribution in [-0.4, -0.2) is 32.6 Å². The summed E-state index contributed by atoms with van der Waals surface area (Å²) in [5.41, 5.74) is 1.31. The number of aliphatic hydroxyl groups excluding tert-OH is 1. The van der Waals surface area contributed by atoms with Crippen molar-refractivity contribution in [2.75, 3.05) is 0 Å². The predicted octanol–water partition coefficient (Wildman–Crippen LogP) is 7.35. The van der Waals surface area contributed by atoms with Crippen LogP contribution in [0.5, 0.6) is 0 Å². The summed E-state index contributed by atoms with van der Waals surface area (Å²) < 4.78 is 0. The summed E-state index contributed by atoms with van der Waals surface area (Å²) in [5.74, 6) is 0.847. The van der Waals surface area contributed by atoms with Crippen LogP contribution in [0.1, 0.15) is 126 Å². The van der Waals surface area contributed by atoms with Gasteiger partial charge in [-0.2, -0.15) is 0 Å². The SMILES string of the molecule is C.CCCCCC(C)(O)CCCC(C)(O)CCCC(C)CCC1=CC(O)C(C)C(C)=C1. The van der Waals surface area contributed by atoms with Crippen molar-refractivity contribution in [2.24, 2.45) is 11.8 Å². The van der Waals surface area contributed by atoms with Crippen LogP contribution in [-0.2, 0) is 0 Å². The lowest BCUT2D eigenvalue weighted by Gasteiger charge is -2.28. The van der Waals surface area contributed by atoms with Gasteiger partial charge in [-0.05, 0) is 77.2 Å². The molecule has 0 heterocycles. The summed E-state index contributed by atoms with van der Waals surface area (Å²) >= 11 is 0. The molecule has 0 amide bonds. The number of allylic oxidation sites excluding steroid dienone is 2. The summed E-state index contributed by atoms with van der Waals surface area (Å²) in [5, 5.41) is 31.4. The molecule has 0 aromatic heterocycles. The molecule has 0 radical (unpaired) electrons. The second-order valence-electron chi connectivity index (χ2n) is 10.7. The Kier molecular flexibility index (Phi) is 14.2. The maximum absolute atomic E-state index is 10.7. The molecule has 1 rings (SSSR count). The zero-order valence-electron chi connectivity index (χ0n) is 20.7. The Labute approximate surface area is 194 Å². The Morgan fingerprint density at radius 2 is 1.48 bits per heavy atom. The van der Waals surface area contributed by atoms with Gasteiger partial charge < -0.3 is 15.3 Å². The third-order valence-corrected chi connectivity index (χ3v) is 7.12. The molecule has 0 fully saturated rings. The molecule has 31 heavy (non-hydrogen) atoms. The van der Waals surface area contributed by atoms with Crippen LogP contribution in [0, 0.1) is 11.8 Å². The van der Waals surface area contributed by atoms with Crippen LogP contribution in [0.4, 0.5) is 0 Å². The maximum atomic E-state index is 10.7. The van der Waals surface area contributed by atoms with Gasteiger partial charge in [0.15, 0.2) is 0 Å². The average Bonchev–Trinajstić information content (AvgIpc) is 2.64. The summed E-state index contributed by atoms with van der Waals surface area (Å²) in [4.78, 5) is 0. The fourth-order valence-corrected chi connectivity index (χ4v) is 4.51. The molecule has 0 aromatic rings. The summed E-state index contributed by atoms with van der Waals surface area (Å²) in [6.07, 6.45) is 15.8. The standard InChI is InChI=1S/C27H50O3.CH4/c1-7-8-9-15-26(5,29)17-11-18-27(6,30)16-10-12-21(2)13-14-24-19-22(3)23(4)25(28)20-24;/h19-21,23,25,28-30H,7-18H2,1-6H3;1H4. The van der Waals surface area contributed by atoms with Gasteiger partial charge >= 0.3 is 0 Å². The molecule has 3 nitrogen and oxygen atoms in total. The van der Waals surface area contributed by atoms with E-state index in [1.807, 2.05) is 19.9 Å². The van der Waals surface area contributed by atoms with Crippen LogP contribution in [0.25, 0.3) is 0 Å². The first-order valence-electron chi connectivity index (χ1n) is 12.5. The number of hydrogen-bond acceptors (Lipinski definition) is 3. The Morgan fingerprint density at radius 1 is 0.935 bits per heavy atom. The molecule has 1 aliphatic rings. The van der Waals surface area contributed by atoms with E-state index in [-0.39, 0.29) is 19.4 Å². The summed E-state index contributed by atoms with van der Waals surface area (Å²) in [7, 11) is 0. The highest BCUT2D eigenvalue weighted by atomic mass is 16.3. The van der Waals surface area contributed by atoms with Crippen molar-refractivity contribution in [2.45, 2.75) is 143 Å². The molecule has 0 aliphatic heterocycles. The van der Waals surface area contributed by atoms with Crippen molar-refractivity contribution in [1.29, 1.82) is 0 Å². The van der Waals surface area contributed by atoms with Crippen molar-refractivity contribution in [3.8, 4) is 0 Å². The normalized spacial score (nSPS) is 23.8. The van der Waals surface area contributed by atoms with Crippen LogP contribution in [0.3, 0.4) is 0 Å². The minimum absolute atomic E-state index is 0. The molecule has 0 bridgehead atoms. The molecule has 5 atom stereocenters. The van der Waals surface area contributed by atoms with Gasteiger partial charge in [0.05, 0.1) is 17.3 Å². The van der Waals surface area contributed by atoms with E-state index in [0.29, 0.717) is 5.92 Å². The minimum atomic E-state index is -0.634. The van der Waals surface area contributed by atoms with E-state index in [9.17, 15) is 15.3 Å². The second kappa shape index (κ2) is 14.5. The van der Waals surface area contributed by atoms with Crippen LogP contribution < -0.4 is 0 Å². The van der Waals surface area contributed by atoms with Gasteiger partial charge in [0.2, 0.25) is 0 Å². The van der Waals surface area contributed by atoms with Crippen LogP contribution in [0.15, 0.2) is 23.3 Å². The molecule has 0 spiro atoms. The molecule has 0 saturated heterocycles. The molecule has 0 aromatic carbocycles. The molecular weight excluding hydrogens is 384 g/mol. The van der Waals surface area contributed by atoms with E-state index in [1.165, 1.54) is 24.0 Å². The second-order valence-corrected chi connectivity index (χ2v) is 10.7. The molecule has 0 saturated carbocycles. The zero-order valence-corrected chi connectivity index (χ0v) is 20.7. The number of unbranched alkanes of at least 4 members (excludes halogenated alkanes) is 2. The lowest BCUT2D eigenvalue weighted by Crippen LogP contribution is -2.28. The number of aliphatic hydroxyl groups is 3. The van der Waals surface area contributed by atoms with E-state index in [0.717, 1.165) is 64.2 Å². The fourth-order valence-electron chi connectivity index (χ4n) is 4.51. The predicted molar refractivity (Wildman–Crippen MR) is 135 cm³/mol. The van der Waals surface area contributed by atoms with E-state index >= 15 is 0 Å². The topological polar surface area (TPSA) is 60.7 Å². The van der Waals surface area contributed by atoms with Gasteiger partial charge in [-0.1, -0.05) is 78.0 Å². The Morgan fingerprint density at radius 3 is 2.03 bits per heavy atom. The van der Waals surface area contributed by atoms with Crippen molar-refractivity contribution in [1.82, 2.24) is 0 Å². The van der Waals surface area contributed by atoms with Crippen molar-refractivity contribution < 1.29 is 15.3 Å². The first-order chi connectivity index (χ1) is 14.0. The molecule has 184 valence electrons. The lowest BCUT2D eigenvalue weighted by atomic mass is 9.85. The first kappa shape index (κ1) is 30.4. The van der Waals surface area contributed by atoms with Crippen LogP contribution in [0.2, 0.25) is 0 Å². The van der Waals surface area contributed by atoms with Gasteiger partial charge in [-0.3, -0.25) is 0 Å². The smallest absolute Gasteiger partial charge is 0.0789 e. The number of rotatable bonds is 15. The molecule has 1 aliphatic carbocycles. The van der Waals surface area contributed by atoms with E-state index in [1.54, 1.807) is 0 Å². The third-order valence-electron chi connectivity index (χ3n) is 7.12. The zero-order chi connectivity index (χ0) is 22.8. The van der Waals surface area contributed by atoms with Gasteiger partial charge in [-0.15, -0.1) is 0 Å². The van der Waals surface area contributed by atoms with Gasteiger partial charge in [-0.25, -0.2) is 0 Å². The van der Waals surface area contributed by atoms with Crippen LogP contribution >= 0.6 is 0 Å². The number of hydrogen-bond donors (Lipinski definition) is 3.